The van der Waals surface area contributed by atoms with Crippen molar-refractivity contribution in [2.45, 2.75) is 71.4 Å². The van der Waals surface area contributed by atoms with Crippen LogP contribution in [0.3, 0.4) is 0 Å². The van der Waals surface area contributed by atoms with Gasteiger partial charge in [0.15, 0.2) is 12.1 Å². The van der Waals surface area contributed by atoms with Crippen LogP contribution in [0.25, 0.3) is 0 Å². The predicted molar refractivity (Wildman–Crippen MR) is 80.4 cm³/mol. The van der Waals surface area contributed by atoms with Gasteiger partial charge in [-0.2, -0.15) is 0 Å². The number of carbonyl (C=O) groups is 2. The zero-order valence-electron chi connectivity index (χ0n) is 14.1. The van der Waals surface area contributed by atoms with E-state index in [1.54, 1.807) is 27.7 Å². The van der Waals surface area contributed by atoms with Crippen LogP contribution in [0.4, 0.5) is 0 Å². The maximum Gasteiger partial charge on any atom is 0.217 e. The summed E-state index contributed by atoms with van der Waals surface area (Å²) in [5, 5.41) is 32.0. The Morgan fingerprint density at radius 1 is 1.30 bits per heavy atom. The Balaban J connectivity index is 2.98. The monoisotopic (exact) mass is 333 g/mol. The first kappa shape index (κ1) is 20.0. The second-order valence-corrected chi connectivity index (χ2v) is 6.82. The normalized spacial score (nSPS) is 33.1. The predicted octanol–water partition coefficient (Wildman–Crippen LogP) is -1.05. The van der Waals surface area contributed by atoms with E-state index in [1.165, 1.54) is 6.92 Å². The summed E-state index contributed by atoms with van der Waals surface area (Å²) < 4.78 is 10.7. The Morgan fingerprint density at radius 3 is 2.30 bits per heavy atom. The molecule has 1 heterocycles. The molecular formula is C15H27NO7. The summed E-state index contributed by atoms with van der Waals surface area (Å²) >= 11 is 0. The van der Waals surface area contributed by atoms with Crippen LogP contribution in [0.5, 0.6) is 0 Å². The largest absolute Gasteiger partial charge is 0.394 e. The Morgan fingerprint density at radius 2 is 1.87 bits per heavy atom. The van der Waals surface area contributed by atoms with Gasteiger partial charge in [0, 0.05) is 12.3 Å². The molecule has 8 nitrogen and oxygen atoms in total. The van der Waals surface area contributed by atoms with Crippen molar-refractivity contribution in [1.82, 2.24) is 5.32 Å². The molecule has 0 radical (unpaired) electrons. The highest BCUT2D eigenvalue weighted by Gasteiger charge is 2.47. The Hall–Kier alpha value is -1.06. The second-order valence-electron chi connectivity index (χ2n) is 6.82. The molecule has 1 unspecified atom stereocenters. The van der Waals surface area contributed by atoms with E-state index in [0.29, 0.717) is 0 Å². The maximum absolute atomic E-state index is 12.3. The maximum atomic E-state index is 12.3. The first-order valence-electron chi connectivity index (χ1n) is 7.58. The number of nitrogens with one attached hydrogen (secondary N) is 1. The average molecular weight is 333 g/mol. The van der Waals surface area contributed by atoms with Crippen molar-refractivity contribution in [3.05, 3.63) is 0 Å². The number of ether oxygens (including phenoxy) is 2. The van der Waals surface area contributed by atoms with Gasteiger partial charge in [0.1, 0.15) is 30.5 Å². The molecule has 0 saturated carbocycles. The summed E-state index contributed by atoms with van der Waals surface area (Å²) in [5.41, 5.74) is -0.645. The molecule has 23 heavy (non-hydrogen) atoms. The quantitative estimate of drug-likeness (QED) is 0.506. The van der Waals surface area contributed by atoms with Gasteiger partial charge in [-0.1, -0.05) is 20.8 Å². The Bertz CT molecular complexity index is 434. The lowest BCUT2D eigenvalue weighted by Gasteiger charge is -2.43. The summed E-state index contributed by atoms with van der Waals surface area (Å²) in [6.07, 6.45) is -5.81. The first-order chi connectivity index (χ1) is 10.5. The molecule has 0 spiro atoms. The number of hydrogen-bond acceptors (Lipinski definition) is 7. The fourth-order valence-electron chi connectivity index (χ4n) is 2.54. The Kier molecular flexibility index (Phi) is 6.67. The molecule has 1 saturated heterocycles. The number of Topliss-reactive ketones (excluding diaryl/α,β-unsaturated/α-hetero) is 1. The molecule has 0 aromatic heterocycles. The van der Waals surface area contributed by atoms with Crippen molar-refractivity contribution >= 4 is 11.7 Å². The number of aliphatic hydroxyl groups is 3. The van der Waals surface area contributed by atoms with E-state index >= 15 is 0 Å². The van der Waals surface area contributed by atoms with Gasteiger partial charge in [0.25, 0.3) is 0 Å². The van der Waals surface area contributed by atoms with E-state index in [9.17, 15) is 24.9 Å². The number of aliphatic hydroxyl groups excluding tert-OH is 3. The van der Waals surface area contributed by atoms with Crippen LogP contribution in [0.2, 0.25) is 0 Å². The van der Waals surface area contributed by atoms with Crippen LogP contribution in [-0.4, -0.2) is 70.4 Å². The van der Waals surface area contributed by atoms with Gasteiger partial charge >= 0.3 is 0 Å². The summed E-state index contributed by atoms with van der Waals surface area (Å²) in [5.74, 6) is -0.636. The molecule has 1 amide bonds. The van der Waals surface area contributed by atoms with E-state index in [1.807, 2.05) is 0 Å². The molecule has 134 valence electrons. The average Bonchev–Trinajstić information content (AvgIpc) is 2.43. The smallest absolute Gasteiger partial charge is 0.217 e. The van der Waals surface area contributed by atoms with Crippen LogP contribution in [0.1, 0.15) is 34.6 Å². The van der Waals surface area contributed by atoms with Crippen LogP contribution in [0, 0.1) is 5.41 Å². The number of amides is 1. The highest BCUT2D eigenvalue weighted by Crippen LogP contribution is 2.26. The van der Waals surface area contributed by atoms with Crippen LogP contribution in [0.15, 0.2) is 0 Å². The van der Waals surface area contributed by atoms with Gasteiger partial charge in [-0.15, -0.1) is 0 Å². The summed E-state index contributed by atoms with van der Waals surface area (Å²) in [7, 11) is 0. The molecule has 6 atom stereocenters. The van der Waals surface area contributed by atoms with Gasteiger partial charge < -0.3 is 30.1 Å². The summed E-state index contributed by atoms with van der Waals surface area (Å²) in [6.45, 7) is 7.48. The lowest BCUT2D eigenvalue weighted by atomic mass is 9.87. The minimum atomic E-state index is -1.47. The van der Waals surface area contributed by atoms with E-state index in [-0.39, 0.29) is 5.78 Å². The minimum Gasteiger partial charge on any atom is -0.394 e. The van der Waals surface area contributed by atoms with Crippen molar-refractivity contribution in [3.8, 4) is 0 Å². The third-order valence-corrected chi connectivity index (χ3v) is 3.71. The van der Waals surface area contributed by atoms with E-state index in [0.717, 1.165) is 0 Å². The van der Waals surface area contributed by atoms with Crippen LogP contribution in [-0.2, 0) is 19.1 Å². The van der Waals surface area contributed by atoms with Crippen molar-refractivity contribution in [2.75, 3.05) is 6.61 Å². The van der Waals surface area contributed by atoms with Gasteiger partial charge in [-0.3, -0.25) is 9.59 Å². The lowest BCUT2D eigenvalue weighted by Crippen LogP contribution is -2.65. The summed E-state index contributed by atoms with van der Waals surface area (Å²) in [6, 6.07) is -1.06. The van der Waals surface area contributed by atoms with E-state index in [4.69, 9.17) is 9.47 Å². The van der Waals surface area contributed by atoms with Gasteiger partial charge in [-0.25, -0.2) is 0 Å². The molecule has 4 N–H and O–H groups in total. The zero-order valence-corrected chi connectivity index (χ0v) is 14.1. The second kappa shape index (κ2) is 7.67. The third kappa shape index (κ3) is 4.95. The van der Waals surface area contributed by atoms with Crippen molar-refractivity contribution in [3.63, 3.8) is 0 Å². The molecular weight excluding hydrogens is 306 g/mol. The first-order valence-corrected chi connectivity index (χ1v) is 7.58. The molecule has 0 aliphatic carbocycles. The standard InChI is InChI=1S/C15H27NO7/c1-7(13(20)15(3,4)5)22-12-10(16-8(2)18)14(21)23-9(6-17)11(12)19/h7,9-12,14,17,19,21H,6H2,1-5H3,(H,16,18)/t7-,9-,10-,11-,12-,14?/m1/s1. The van der Waals surface area contributed by atoms with Gasteiger partial charge in [-0.05, 0) is 6.92 Å². The van der Waals surface area contributed by atoms with E-state index < -0.39 is 54.7 Å². The fraction of sp³-hybridized carbons (Fsp3) is 0.867. The number of rotatable bonds is 5. The third-order valence-electron chi connectivity index (χ3n) is 3.71. The van der Waals surface area contributed by atoms with Crippen molar-refractivity contribution < 1.29 is 34.4 Å². The van der Waals surface area contributed by atoms with Crippen LogP contribution < -0.4 is 5.32 Å². The highest BCUT2D eigenvalue weighted by molar-refractivity contribution is 5.87. The number of hydrogen-bond donors (Lipinski definition) is 4. The fourth-order valence-corrected chi connectivity index (χ4v) is 2.54. The molecule has 1 aliphatic heterocycles. The molecule has 0 aromatic carbocycles. The van der Waals surface area contributed by atoms with Gasteiger partial charge in [0.2, 0.25) is 5.91 Å². The molecule has 1 fully saturated rings. The van der Waals surface area contributed by atoms with Crippen molar-refractivity contribution in [1.29, 1.82) is 0 Å². The molecule has 1 aliphatic rings. The minimum absolute atomic E-state index is 0.187. The molecule has 0 aromatic rings. The lowest BCUT2D eigenvalue weighted by molar-refractivity contribution is -0.266. The number of ketones is 1. The summed E-state index contributed by atoms with van der Waals surface area (Å²) in [4.78, 5) is 23.6. The van der Waals surface area contributed by atoms with E-state index in [2.05, 4.69) is 5.32 Å². The zero-order chi connectivity index (χ0) is 17.9. The van der Waals surface area contributed by atoms with Gasteiger partial charge in [0.05, 0.1) is 6.61 Å². The molecule has 8 heteroatoms. The molecule has 1 rings (SSSR count). The van der Waals surface area contributed by atoms with Crippen molar-refractivity contribution in [2.24, 2.45) is 5.41 Å². The Labute approximate surface area is 135 Å². The van der Waals surface area contributed by atoms with Crippen LogP contribution >= 0.6 is 0 Å². The number of carbonyl (C=O) groups excluding carboxylic acids is 2. The SMILES string of the molecule is CC(=O)N[C@H]1C(O)O[C@H](CO)[C@@H](O)[C@@H]1O[C@H](C)C(=O)C(C)(C)C. The highest BCUT2D eigenvalue weighted by atomic mass is 16.6. The molecule has 0 bridgehead atoms. The topological polar surface area (TPSA) is 125 Å².